The maximum Gasteiger partial charge on any atom is 0.229 e. The molecule has 154 valence electrons. The molecule has 0 aliphatic carbocycles. The SMILES string of the molecule is CNc1nc(Nc2cc(OCCCN3CCCC3)c3occc3c2)nc(C)c1F. The third kappa shape index (κ3) is 4.42. The second-order valence-corrected chi connectivity index (χ2v) is 7.23. The summed E-state index contributed by atoms with van der Waals surface area (Å²) in [5.74, 6) is 0.688. The Hall–Kier alpha value is -2.87. The molecule has 0 atom stereocenters. The van der Waals surface area contributed by atoms with Crippen LogP contribution in [0.5, 0.6) is 5.75 Å². The van der Waals surface area contributed by atoms with Gasteiger partial charge in [-0.1, -0.05) is 0 Å². The minimum atomic E-state index is -0.453. The molecule has 0 saturated carbocycles. The topological polar surface area (TPSA) is 75.5 Å². The van der Waals surface area contributed by atoms with Crippen LogP contribution in [0.1, 0.15) is 25.0 Å². The van der Waals surface area contributed by atoms with Crippen molar-refractivity contribution in [3.05, 3.63) is 36.0 Å². The molecule has 2 aromatic heterocycles. The molecule has 29 heavy (non-hydrogen) atoms. The summed E-state index contributed by atoms with van der Waals surface area (Å²) < 4.78 is 25.6. The maximum absolute atomic E-state index is 14.0. The molecule has 3 aromatic rings. The summed E-state index contributed by atoms with van der Waals surface area (Å²) in [5.41, 5.74) is 1.74. The number of aryl methyl sites for hydroxylation is 1. The number of ether oxygens (including phenoxy) is 1. The van der Waals surface area contributed by atoms with Crippen LogP contribution in [0, 0.1) is 12.7 Å². The van der Waals surface area contributed by atoms with Gasteiger partial charge in [-0.3, -0.25) is 0 Å². The van der Waals surface area contributed by atoms with E-state index < -0.39 is 5.82 Å². The van der Waals surface area contributed by atoms with Crippen molar-refractivity contribution in [2.75, 3.05) is 43.9 Å². The highest BCUT2D eigenvalue weighted by molar-refractivity contribution is 5.87. The monoisotopic (exact) mass is 399 g/mol. The Balaban J connectivity index is 1.49. The van der Waals surface area contributed by atoms with Crippen LogP contribution in [0.2, 0.25) is 0 Å². The molecule has 1 aliphatic rings. The number of aromatic nitrogens is 2. The van der Waals surface area contributed by atoms with E-state index in [0.717, 1.165) is 24.0 Å². The fourth-order valence-electron chi connectivity index (χ4n) is 3.61. The standard InChI is InChI=1S/C21H26FN5O2/c1-14-18(22)20(23-2)26-21(24-14)25-16-12-15-6-11-29-19(15)17(13-16)28-10-5-9-27-7-3-4-8-27/h6,11-13H,3-5,7-10H2,1-2H3,(H2,23,24,25,26). The Morgan fingerprint density at radius 3 is 2.86 bits per heavy atom. The predicted octanol–water partition coefficient (Wildman–Crippen LogP) is 4.32. The lowest BCUT2D eigenvalue weighted by molar-refractivity contribution is 0.263. The highest BCUT2D eigenvalue weighted by Gasteiger charge is 2.14. The molecular weight excluding hydrogens is 373 g/mol. The minimum absolute atomic E-state index is 0.155. The molecular formula is C21H26FN5O2. The first-order valence-corrected chi connectivity index (χ1v) is 9.99. The highest BCUT2D eigenvalue weighted by atomic mass is 19.1. The number of nitrogens with one attached hydrogen (secondary N) is 2. The Bertz CT molecular complexity index is 985. The average Bonchev–Trinajstić information content (AvgIpc) is 3.39. The second kappa shape index (κ2) is 8.65. The van der Waals surface area contributed by atoms with Gasteiger partial charge in [0, 0.05) is 30.7 Å². The van der Waals surface area contributed by atoms with Crippen LogP contribution >= 0.6 is 0 Å². The number of fused-ring (bicyclic) bond motifs is 1. The molecule has 1 fully saturated rings. The summed E-state index contributed by atoms with van der Waals surface area (Å²) in [4.78, 5) is 10.8. The molecule has 8 heteroatoms. The lowest BCUT2D eigenvalue weighted by Crippen LogP contribution is -2.21. The number of nitrogens with zero attached hydrogens (tertiary/aromatic N) is 3. The van der Waals surface area contributed by atoms with Gasteiger partial charge in [0.1, 0.15) is 0 Å². The Labute approximate surface area is 169 Å². The van der Waals surface area contributed by atoms with Crippen molar-refractivity contribution in [1.29, 1.82) is 0 Å². The maximum atomic E-state index is 14.0. The van der Waals surface area contributed by atoms with Gasteiger partial charge in [0.25, 0.3) is 0 Å². The van der Waals surface area contributed by atoms with Crippen LogP contribution in [-0.2, 0) is 0 Å². The first kappa shape index (κ1) is 19.4. The van der Waals surface area contributed by atoms with E-state index in [1.807, 2.05) is 18.2 Å². The van der Waals surface area contributed by atoms with E-state index in [-0.39, 0.29) is 11.5 Å². The largest absolute Gasteiger partial charge is 0.490 e. The Morgan fingerprint density at radius 1 is 1.24 bits per heavy atom. The first-order chi connectivity index (χ1) is 14.1. The molecule has 3 heterocycles. The van der Waals surface area contributed by atoms with Crippen molar-refractivity contribution in [2.45, 2.75) is 26.2 Å². The quantitative estimate of drug-likeness (QED) is 0.546. The third-order valence-corrected chi connectivity index (χ3v) is 5.10. The summed E-state index contributed by atoms with van der Waals surface area (Å²) in [6.07, 6.45) is 5.19. The molecule has 7 nitrogen and oxygen atoms in total. The molecule has 1 saturated heterocycles. The van der Waals surface area contributed by atoms with Crippen molar-refractivity contribution in [1.82, 2.24) is 14.9 Å². The molecule has 0 radical (unpaired) electrons. The number of rotatable bonds is 8. The fraction of sp³-hybridized carbons (Fsp3) is 0.429. The van der Waals surface area contributed by atoms with E-state index in [1.165, 1.54) is 25.9 Å². The van der Waals surface area contributed by atoms with Crippen LogP contribution < -0.4 is 15.4 Å². The van der Waals surface area contributed by atoms with E-state index in [2.05, 4.69) is 25.5 Å². The van der Waals surface area contributed by atoms with Gasteiger partial charge in [0.15, 0.2) is 23.0 Å². The van der Waals surface area contributed by atoms with E-state index in [9.17, 15) is 4.39 Å². The molecule has 0 amide bonds. The number of anilines is 3. The van der Waals surface area contributed by atoms with Gasteiger partial charge in [-0.15, -0.1) is 0 Å². The molecule has 1 aliphatic heterocycles. The van der Waals surface area contributed by atoms with E-state index in [4.69, 9.17) is 9.15 Å². The smallest absolute Gasteiger partial charge is 0.229 e. The van der Waals surface area contributed by atoms with Crippen molar-refractivity contribution in [3.8, 4) is 5.75 Å². The lowest BCUT2D eigenvalue weighted by atomic mass is 10.2. The van der Waals surface area contributed by atoms with Gasteiger partial charge >= 0.3 is 0 Å². The zero-order chi connectivity index (χ0) is 20.2. The van der Waals surface area contributed by atoms with E-state index >= 15 is 0 Å². The molecule has 0 spiro atoms. The number of furan rings is 1. The van der Waals surface area contributed by atoms with Crippen LogP contribution in [-0.4, -0.2) is 48.2 Å². The summed E-state index contributed by atoms with van der Waals surface area (Å²) in [6.45, 7) is 5.65. The number of hydrogen-bond acceptors (Lipinski definition) is 7. The van der Waals surface area contributed by atoms with E-state index in [0.29, 0.717) is 23.9 Å². The van der Waals surface area contributed by atoms with Crippen molar-refractivity contribution < 1.29 is 13.5 Å². The number of halogens is 1. The first-order valence-electron chi connectivity index (χ1n) is 9.99. The number of hydrogen-bond donors (Lipinski definition) is 2. The van der Waals surface area contributed by atoms with Gasteiger partial charge < -0.3 is 24.7 Å². The summed E-state index contributed by atoms with van der Waals surface area (Å²) in [7, 11) is 1.63. The molecule has 0 unspecified atom stereocenters. The molecule has 2 N–H and O–H groups in total. The third-order valence-electron chi connectivity index (χ3n) is 5.10. The van der Waals surface area contributed by atoms with Crippen LogP contribution in [0.25, 0.3) is 11.0 Å². The zero-order valence-electron chi connectivity index (χ0n) is 16.8. The average molecular weight is 399 g/mol. The van der Waals surface area contributed by atoms with Crippen LogP contribution in [0.4, 0.5) is 21.8 Å². The van der Waals surface area contributed by atoms with Crippen molar-refractivity contribution >= 4 is 28.4 Å². The van der Waals surface area contributed by atoms with Crippen molar-refractivity contribution in [2.24, 2.45) is 0 Å². The minimum Gasteiger partial charge on any atom is -0.490 e. The molecule has 1 aromatic carbocycles. The normalized spacial score (nSPS) is 14.4. The lowest BCUT2D eigenvalue weighted by Gasteiger charge is -2.15. The highest BCUT2D eigenvalue weighted by Crippen LogP contribution is 2.32. The van der Waals surface area contributed by atoms with E-state index in [1.54, 1.807) is 20.2 Å². The zero-order valence-corrected chi connectivity index (χ0v) is 16.8. The van der Waals surface area contributed by atoms with Crippen LogP contribution in [0.15, 0.2) is 28.9 Å². The molecule has 4 rings (SSSR count). The van der Waals surface area contributed by atoms with Crippen LogP contribution in [0.3, 0.4) is 0 Å². The Kier molecular flexibility index (Phi) is 5.80. The number of benzene rings is 1. The summed E-state index contributed by atoms with van der Waals surface area (Å²) in [6, 6.07) is 5.67. The Morgan fingerprint density at radius 2 is 2.07 bits per heavy atom. The van der Waals surface area contributed by atoms with Gasteiger partial charge in [-0.05, 0) is 51.4 Å². The summed E-state index contributed by atoms with van der Waals surface area (Å²) in [5, 5.41) is 6.81. The second-order valence-electron chi connectivity index (χ2n) is 7.23. The van der Waals surface area contributed by atoms with Gasteiger partial charge in [-0.2, -0.15) is 4.98 Å². The molecule has 0 bridgehead atoms. The fourth-order valence-corrected chi connectivity index (χ4v) is 3.61. The van der Waals surface area contributed by atoms with Gasteiger partial charge in [-0.25, -0.2) is 9.37 Å². The van der Waals surface area contributed by atoms with Gasteiger partial charge in [0.2, 0.25) is 5.95 Å². The number of likely N-dealkylation sites (tertiary alicyclic amines) is 1. The predicted molar refractivity (Wildman–Crippen MR) is 112 cm³/mol. The van der Waals surface area contributed by atoms with Crippen molar-refractivity contribution in [3.63, 3.8) is 0 Å². The van der Waals surface area contributed by atoms with Gasteiger partial charge in [0.05, 0.1) is 18.6 Å². The summed E-state index contributed by atoms with van der Waals surface area (Å²) >= 11 is 0.